The summed E-state index contributed by atoms with van der Waals surface area (Å²) in [4.78, 5) is 8.21. The van der Waals surface area contributed by atoms with Crippen LogP contribution in [0.25, 0.3) is 17.0 Å². The Labute approximate surface area is 122 Å². The third-order valence-corrected chi connectivity index (χ3v) is 2.83. The fourth-order valence-corrected chi connectivity index (χ4v) is 1.78. The molecule has 0 bridgehead atoms. The molecule has 104 valence electrons. The molecular weight excluding hydrogens is 267 g/mol. The number of nitrogens with two attached hydrogens (primary N) is 1. The van der Waals surface area contributed by atoms with Gasteiger partial charge in [-0.05, 0) is 42.5 Å². The topological polar surface area (TPSA) is 75.1 Å². The van der Waals surface area contributed by atoms with E-state index in [2.05, 4.69) is 16.0 Å². The first-order valence-corrected chi connectivity index (χ1v) is 6.21. The number of hydrogen-bond acceptors (Lipinski definition) is 4. The molecule has 4 nitrogen and oxygen atoms in total. The second-order valence-electron chi connectivity index (χ2n) is 4.24. The van der Waals surface area contributed by atoms with Crippen LogP contribution in [0.3, 0.4) is 0 Å². The van der Waals surface area contributed by atoms with E-state index >= 15 is 0 Å². The van der Waals surface area contributed by atoms with Crippen LogP contribution in [0.1, 0.15) is 11.3 Å². The second kappa shape index (κ2) is 6.44. The number of pyridine rings is 1. The zero-order chi connectivity index (χ0) is 15.2. The standard InChI is InChI=1S/C16H13FN4/c1-20-9-8-14(19)16-12(10-18)4-7-15(21-16)11-2-5-13(17)6-3-11/h2-9H,19H2,1H3/b14-8-,20-9?. The molecule has 0 fully saturated rings. The molecule has 0 unspecified atom stereocenters. The minimum atomic E-state index is -0.314. The highest BCUT2D eigenvalue weighted by Crippen LogP contribution is 2.21. The molecule has 5 heteroatoms. The monoisotopic (exact) mass is 280 g/mol. The number of aliphatic imine (C=N–C) groups is 1. The van der Waals surface area contributed by atoms with Gasteiger partial charge in [-0.2, -0.15) is 5.26 Å². The molecule has 0 aliphatic rings. The van der Waals surface area contributed by atoms with Crippen LogP contribution in [0.15, 0.2) is 47.5 Å². The fraction of sp³-hybridized carbons (Fsp3) is 0.0625. The first-order valence-electron chi connectivity index (χ1n) is 6.21. The van der Waals surface area contributed by atoms with E-state index in [1.165, 1.54) is 18.3 Å². The Hall–Kier alpha value is -3.00. The van der Waals surface area contributed by atoms with Crippen LogP contribution in [-0.4, -0.2) is 18.2 Å². The minimum absolute atomic E-state index is 0.314. The lowest BCUT2D eigenvalue weighted by atomic mass is 10.1. The summed E-state index contributed by atoms with van der Waals surface area (Å²) in [5.41, 5.74) is 8.40. The Morgan fingerprint density at radius 1 is 1.29 bits per heavy atom. The van der Waals surface area contributed by atoms with Gasteiger partial charge >= 0.3 is 0 Å². The van der Waals surface area contributed by atoms with Crippen molar-refractivity contribution in [2.24, 2.45) is 10.7 Å². The van der Waals surface area contributed by atoms with E-state index in [0.29, 0.717) is 22.6 Å². The zero-order valence-electron chi connectivity index (χ0n) is 11.4. The molecule has 0 saturated carbocycles. The highest BCUT2D eigenvalue weighted by molar-refractivity contribution is 5.84. The van der Waals surface area contributed by atoms with Crippen LogP contribution >= 0.6 is 0 Å². The van der Waals surface area contributed by atoms with E-state index < -0.39 is 0 Å². The van der Waals surface area contributed by atoms with Crippen molar-refractivity contribution < 1.29 is 4.39 Å². The molecule has 1 heterocycles. The van der Waals surface area contributed by atoms with E-state index in [1.807, 2.05) is 0 Å². The Bertz CT molecular complexity index is 740. The second-order valence-corrected chi connectivity index (χ2v) is 4.24. The number of aromatic nitrogens is 1. The lowest BCUT2D eigenvalue weighted by molar-refractivity contribution is 0.628. The molecule has 2 rings (SSSR count). The van der Waals surface area contributed by atoms with E-state index in [0.717, 1.165) is 5.56 Å². The Balaban J connectivity index is 2.52. The van der Waals surface area contributed by atoms with Crippen LogP contribution in [0.5, 0.6) is 0 Å². The van der Waals surface area contributed by atoms with E-state index in [-0.39, 0.29) is 5.82 Å². The third kappa shape index (κ3) is 3.31. The molecule has 2 aromatic rings. The van der Waals surface area contributed by atoms with Crippen molar-refractivity contribution >= 4 is 11.9 Å². The first-order chi connectivity index (χ1) is 10.2. The van der Waals surface area contributed by atoms with Crippen molar-refractivity contribution in [2.45, 2.75) is 0 Å². The van der Waals surface area contributed by atoms with Crippen LogP contribution in [0.4, 0.5) is 4.39 Å². The summed E-state index contributed by atoms with van der Waals surface area (Å²) >= 11 is 0. The van der Waals surface area contributed by atoms with Crippen molar-refractivity contribution in [1.82, 2.24) is 4.98 Å². The number of allylic oxidation sites excluding steroid dienone is 1. The maximum absolute atomic E-state index is 13.0. The van der Waals surface area contributed by atoms with Gasteiger partial charge in [0.15, 0.2) is 0 Å². The third-order valence-electron chi connectivity index (χ3n) is 2.83. The number of rotatable bonds is 3. The SMILES string of the molecule is CN=C/C=C(\N)c1nc(-c2ccc(F)cc2)ccc1C#N. The average Bonchev–Trinajstić information content (AvgIpc) is 2.52. The average molecular weight is 280 g/mol. The summed E-state index contributed by atoms with van der Waals surface area (Å²) < 4.78 is 13.0. The molecule has 0 aliphatic heterocycles. The number of nitriles is 1. The predicted molar refractivity (Wildman–Crippen MR) is 80.9 cm³/mol. The molecule has 21 heavy (non-hydrogen) atoms. The summed E-state index contributed by atoms with van der Waals surface area (Å²) in [6.07, 6.45) is 3.11. The summed E-state index contributed by atoms with van der Waals surface area (Å²) in [6.45, 7) is 0. The van der Waals surface area contributed by atoms with E-state index in [9.17, 15) is 4.39 Å². The van der Waals surface area contributed by atoms with Crippen LogP contribution < -0.4 is 5.73 Å². The van der Waals surface area contributed by atoms with Gasteiger partial charge in [0.05, 0.1) is 17.0 Å². The quantitative estimate of drug-likeness (QED) is 0.878. The van der Waals surface area contributed by atoms with Gasteiger partial charge < -0.3 is 5.73 Å². The number of halogens is 1. The van der Waals surface area contributed by atoms with Gasteiger partial charge in [-0.25, -0.2) is 9.37 Å². The smallest absolute Gasteiger partial charge is 0.123 e. The fourth-order valence-electron chi connectivity index (χ4n) is 1.78. The lowest BCUT2D eigenvalue weighted by Gasteiger charge is -2.07. The van der Waals surface area contributed by atoms with Gasteiger partial charge in [-0.3, -0.25) is 4.99 Å². The number of hydrogen-bond donors (Lipinski definition) is 1. The van der Waals surface area contributed by atoms with Crippen LogP contribution in [-0.2, 0) is 0 Å². The summed E-state index contributed by atoms with van der Waals surface area (Å²) in [6, 6.07) is 11.4. The summed E-state index contributed by atoms with van der Waals surface area (Å²) in [5.74, 6) is -0.314. The van der Waals surface area contributed by atoms with Gasteiger partial charge in [0.2, 0.25) is 0 Å². The van der Waals surface area contributed by atoms with Crippen molar-refractivity contribution in [3.8, 4) is 17.3 Å². The number of benzene rings is 1. The summed E-state index contributed by atoms with van der Waals surface area (Å²) in [7, 11) is 1.62. The molecule has 0 amide bonds. The molecular formula is C16H13FN4. The number of nitrogens with zero attached hydrogens (tertiary/aromatic N) is 3. The Morgan fingerprint density at radius 2 is 2.00 bits per heavy atom. The van der Waals surface area contributed by atoms with Crippen molar-refractivity contribution in [3.63, 3.8) is 0 Å². The molecule has 0 radical (unpaired) electrons. The van der Waals surface area contributed by atoms with Gasteiger partial charge in [0.25, 0.3) is 0 Å². The van der Waals surface area contributed by atoms with Gasteiger partial charge in [0.1, 0.15) is 17.6 Å². The highest BCUT2D eigenvalue weighted by Gasteiger charge is 2.09. The highest BCUT2D eigenvalue weighted by atomic mass is 19.1. The summed E-state index contributed by atoms with van der Waals surface area (Å²) in [5, 5.41) is 9.13. The predicted octanol–water partition coefficient (Wildman–Crippen LogP) is 2.76. The molecule has 2 N–H and O–H groups in total. The van der Waals surface area contributed by atoms with Gasteiger partial charge in [-0.1, -0.05) is 0 Å². The van der Waals surface area contributed by atoms with Gasteiger partial charge in [-0.15, -0.1) is 0 Å². The van der Waals surface area contributed by atoms with Crippen molar-refractivity contribution in [2.75, 3.05) is 7.05 Å². The Morgan fingerprint density at radius 3 is 2.62 bits per heavy atom. The molecule has 0 aliphatic carbocycles. The minimum Gasteiger partial charge on any atom is -0.397 e. The molecule has 0 saturated heterocycles. The maximum atomic E-state index is 13.0. The van der Waals surface area contributed by atoms with Crippen LogP contribution in [0, 0.1) is 17.1 Å². The van der Waals surface area contributed by atoms with E-state index in [4.69, 9.17) is 11.0 Å². The molecule has 1 aromatic carbocycles. The van der Waals surface area contributed by atoms with E-state index in [1.54, 1.807) is 37.4 Å². The Kier molecular flexibility index (Phi) is 4.42. The normalized spacial score (nSPS) is 11.6. The van der Waals surface area contributed by atoms with Crippen molar-refractivity contribution in [1.29, 1.82) is 5.26 Å². The van der Waals surface area contributed by atoms with Crippen LogP contribution in [0.2, 0.25) is 0 Å². The molecule has 1 aromatic heterocycles. The first kappa shape index (κ1) is 14.4. The van der Waals surface area contributed by atoms with Crippen molar-refractivity contribution in [3.05, 3.63) is 59.5 Å². The zero-order valence-corrected chi connectivity index (χ0v) is 11.4. The molecule has 0 spiro atoms. The molecule has 0 atom stereocenters. The maximum Gasteiger partial charge on any atom is 0.123 e. The van der Waals surface area contributed by atoms with Gasteiger partial charge in [0, 0.05) is 18.8 Å². The largest absolute Gasteiger partial charge is 0.397 e. The lowest BCUT2D eigenvalue weighted by Crippen LogP contribution is -2.03.